The van der Waals surface area contributed by atoms with E-state index in [4.69, 9.17) is 10.8 Å². The van der Waals surface area contributed by atoms with Gasteiger partial charge in [-0.1, -0.05) is 0 Å². The second kappa shape index (κ2) is 3.95. The van der Waals surface area contributed by atoms with Crippen molar-refractivity contribution in [1.29, 1.82) is 0 Å². The number of nitrogens with two attached hydrogens (primary N) is 1. The number of likely N-dealkylation sites (N-methyl/N-ethyl adjacent to an activating group) is 1. The minimum absolute atomic E-state index is 0.163. The largest absolute Gasteiger partial charge is 0.480 e. The van der Waals surface area contributed by atoms with Crippen LogP contribution in [0.5, 0.6) is 0 Å². The van der Waals surface area contributed by atoms with Crippen LogP contribution in [0, 0.1) is 0 Å². The van der Waals surface area contributed by atoms with Crippen molar-refractivity contribution in [2.75, 3.05) is 12.8 Å². The number of carbonyl (C=O) groups excluding carboxylic acids is 1. The Hall–Kier alpha value is -2.12. The Morgan fingerprint density at radius 1 is 1.53 bits per heavy atom. The summed E-state index contributed by atoms with van der Waals surface area (Å²) >= 11 is 0. The van der Waals surface area contributed by atoms with Crippen molar-refractivity contribution in [2.45, 2.75) is 13.0 Å². The standard InChI is InChI=1S/C7H10N4O4/c1-3(7(13)14)11(2)6(12)4-5(8)10-15-9-4/h3H,1-2H3,(H2,8,10)(H,13,14). The molecule has 1 aromatic rings. The maximum Gasteiger partial charge on any atom is 0.326 e. The molecule has 0 aliphatic heterocycles. The summed E-state index contributed by atoms with van der Waals surface area (Å²) in [5.74, 6) is -1.94. The van der Waals surface area contributed by atoms with Crippen molar-refractivity contribution >= 4 is 17.7 Å². The Balaban J connectivity index is 2.86. The van der Waals surface area contributed by atoms with Crippen molar-refractivity contribution in [1.82, 2.24) is 15.2 Å². The van der Waals surface area contributed by atoms with Gasteiger partial charge in [0.05, 0.1) is 0 Å². The van der Waals surface area contributed by atoms with E-state index < -0.39 is 17.9 Å². The molecular weight excluding hydrogens is 204 g/mol. The molecule has 1 unspecified atom stereocenters. The first-order valence-corrected chi connectivity index (χ1v) is 4.03. The van der Waals surface area contributed by atoms with E-state index in [9.17, 15) is 9.59 Å². The molecule has 82 valence electrons. The van der Waals surface area contributed by atoms with E-state index >= 15 is 0 Å². The molecule has 0 aromatic carbocycles. The molecule has 15 heavy (non-hydrogen) atoms. The quantitative estimate of drug-likeness (QED) is 0.674. The van der Waals surface area contributed by atoms with Gasteiger partial charge in [0.1, 0.15) is 6.04 Å². The van der Waals surface area contributed by atoms with Gasteiger partial charge in [-0.3, -0.25) is 4.79 Å². The molecule has 1 aromatic heterocycles. The summed E-state index contributed by atoms with van der Waals surface area (Å²) in [7, 11) is 1.33. The molecule has 1 amide bonds. The van der Waals surface area contributed by atoms with Crippen LogP contribution in [0.3, 0.4) is 0 Å². The van der Waals surface area contributed by atoms with Crippen molar-refractivity contribution < 1.29 is 19.3 Å². The normalized spacial score (nSPS) is 12.1. The van der Waals surface area contributed by atoms with Crippen LogP contribution < -0.4 is 5.73 Å². The molecule has 1 heterocycles. The third kappa shape index (κ3) is 2.03. The number of carboxylic acids is 1. The van der Waals surface area contributed by atoms with Gasteiger partial charge in [-0.15, -0.1) is 0 Å². The molecule has 0 spiro atoms. The number of aliphatic carboxylic acids is 1. The molecule has 0 saturated heterocycles. The Labute approximate surface area is 84.6 Å². The van der Waals surface area contributed by atoms with Crippen LogP contribution in [0.25, 0.3) is 0 Å². The highest BCUT2D eigenvalue weighted by molar-refractivity contribution is 5.97. The predicted octanol–water partition coefficient (Wildman–Crippen LogP) is -0.803. The molecular formula is C7H10N4O4. The lowest BCUT2D eigenvalue weighted by atomic mass is 10.2. The van der Waals surface area contributed by atoms with E-state index in [1.54, 1.807) is 0 Å². The van der Waals surface area contributed by atoms with Gasteiger partial charge in [-0.2, -0.15) is 0 Å². The highest BCUT2D eigenvalue weighted by atomic mass is 16.6. The number of anilines is 1. The van der Waals surface area contributed by atoms with Gasteiger partial charge in [-0.05, 0) is 17.2 Å². The molecule has 8 heteroatoms. The third-order valence-corrected chi connectivity index (χ3v) is 1.98. The molecule has 0 radical (unpaired) electrons. The molecule has 1 atom stereocenters. The fourth-order valence-corrected chi connectivity index (χ4v) is 0.852. The molecule has 0 bridgehead atoms. The van der Waals surface area contributed by atoms with Gasteiger partial charge in [0.25, 0.3) is 5.91 Å². The lowest BCUT2D eigenvalue weighted by molar-refractivity contribution is -0.141. The average Bonchev–Trinajstić information content (AvgIpc) is 2.60. The summed E-state index contributed by atoms with van der Waals surface area (Å²) < 4.78 is 4.24. The zero-order chi connectivity index (χ0) is 11.6. The van der Waals surface area contributed by atoms with Crippen LogP contribution in [0.15, 0.2) is 4.63 Å². The summed E-state index contributed by atoms with van der Waals surface area (Å²) in [6.07, 6.45) is 0. The van der Waals surface area contributed by atoms with Crippen molar-refractivity contribution in [3.63, 3.8) is 0 Å². The highest BCUT2D eigenvalue weighted by Gasteiger charge is 2.26. The predicted molar refractivity (Wildman–Crippen MR) is 47.9 cm³/mol. The number of carboxylic acid groups (broad SMARTS) is 1. The Morgan fingerprint density at radius 2 is 2.13 bits per heavy atom. The molecule has 0 saturated carbocycles. The van der Waals surface area contributed by atoms with Crippen LogP contribution in [0.1, 0.15) is 17.4 Å². The van der Waals surface area contributed by atoms with Crippen LogP contribution in [0.2, 0.25) is 0 Å². The topological polar surface area (TPSA) is 123 Å². The van der Waals surface area contributed by atoms with E-state index in [0.29, 0.717) is 0 Å². The Bertz CT molecular complexity index is 388. The summed E-state index contributed by atoms with van der Waals surface area (Å²) in [5.41, 5.74) is 5.10. The van der Waals surface area contributed by atoms with E-state index in [-0.39, 0.29) is 11.5 Å². The summed E-state index contributed by atoms with van der Waals surface area (Å²) in [6, 6.07) is -0.978. The lowest BCUT2D eigenvalue weighted by Gasteiger charge is -2.19. The zero-order valence-corrected chi connectivity index (χ0v) is 8.17. The van der Waals surface area contributed by atoms with Crippen LogP contribution in [-0.2, 0) is 4.79 Å². The maximum absolute atomic E-state index is 11.6. The van der Waals surface area contributed by atoms with Crippen LogP contribution >= 0.6 is 0 Å². The molecule has 1 rings (SSSR count). The second-order valence-corrected chi connectivity index (χ2v) is 2.93. The van der Waals surface area contributed by atoms with Gasteiger partial charge in [-0.25, -0.2) is 9.42 Å². The monoisotopic (exact) mass is 214 g/mol. The van der Waals surface area contributed by atoms with E-state index in [1.165, 1.54) is 14.0 Å². The maximum atomic E-state index is 11.6. The molecule has 3 N–H and O–H groups in total. The number of nitrogens with zero attached hydrogens (tertiary/aromatic N) is 3. The number of hydrogen-bond donors (Lipinski definition) is 2. The summed E-state index contributed by atoms with van der Waals surface area (Å²) in [4.78, 5) is 23.2. The van der Waals surface area contributed by atoms with Gasteiger partial charge >= 0.3 is 5.97 Å². The zero-order valence-electron chi connectivity index (χ0n) is 8.17. The number of amides is 1. The number of rotatable bonds is 3. The molecule has 0 aliphatic rings. The minimum atomic E-state index is -1.12. The summed E-state index contributed by atoms with van der Waals surface area (Å²) in [6.45, 7) is 1.37. The third-order valence-electron chi connectivity index (χ3n) is 1.98. The Morgan fingerprint density at radius 3 is 2.53 bits per heavy atom. The minimum Gasteiger partial charge on any atom is -0.480 e. The molecule has 8 nitrogen and oxygen atoms in total. The highest BCUT2D eigenvalue weighted by Crippen LogP contribution is 2.09. The SMILES string of the molecule is CC(C(=O)O)N(C)C(=O)c1nonc1N. The first-order chi connectivity index (χ1) is 6.95. The second-order valence-electron chi connectivity index (χ2n) is 2.93. The number of aromatic nitrogens is 2. The van der Waals surface area contributed by atoms with Crippen molar-refractivity contribution in [3.8, 4) is 0 Å². The van der Waals surface area contributed by atoms with Crippen LogP contribution in [0.4, 0.5) is 5.82 Å². The lowest BCUT2D eigenvalue weighted by Crippen LogP contribution is -2.40. The fraction of sp³-hybridized carbons (Fsp3) is 0.429. The van der Waals surface area contributed by atoms with Crippen molar-refractivity contribution in [2.24, 2.45) is 0 Å². The van der Waals surface area contributed by atoms with Crippen molar-refractivity contribution in [3.05, 3.63) is 5.69 Å². The van der Waals surface area contributed by atoms with Gasteiger partial charge < -0.3 is 15.7 Å². The first-order valence-electron chi connectivity index (χ1n) is 4.03. The average molecular weight is 214 g/mol. The first kappa shape index (κ1) is 11.0. The smallest absolute Gasteiger partial charge is 0.326 e. The fourth-order valence-electron chi connectivity index (χ4n) is 0.852. The van der Waals surface area contributed by atoms with Gasteiger partial charge in [0.15, 0.2) is 0 Å². The van der Waals surface area contributed by atoms with Gasteiger partial charge in [0, 0.05) is 7.05 Å². The number of nitrogen functional groups attached to an aromatic ring is 1. The van der Waals surface area contributed by atoms with Gasteiger partial charge in [0.2, 0.25) is 11.5 Å². The molecule has 0 fully saturated rings. The summed E-state index contributed by atoms with van der Waals surface area (Å²) in [5, 5.41) is 15.2. The number of carbonyl (C=O) groups is 2. The van der Waals surface area contributed by atoms with E-state index in [2.05, 4.69) is 14.9 Å². The van der Waals surface area contributed by atoms with E-state index in [1.807, 2.05) is 0 Å². The van der Waals surface area contributed by atoms with E-state index in [0.717, 1.165) is 4.90 Å². The van der Waals surface area contributed by atoms with Crippen LogP contribution in [-0.4, -0.2) is 45.3 Å². The molecule has 0 aliphatic carbocycles. The Kier molecular flexibility index (Phi) is 2.88. The number of hydrogen-bond acceptors (Lipinski definition) is 6.